The van der Waals surface area contributed by atoms with Crippen molar-refractivity contribution in [2.45, 2.75) is 38.0 Å². The normalized spacial score (nSPS) is 35.7. The lowest BCUT2D eigenvalue weighted by Gasteiger charge is -2.30. The molecular weight excluding hydrogens is 208 g/mol. The SMILES string of the molecule is CC1CC(NC(=O)C2COCCN2)CCO1. The fourth-order valence-corrected chi connectivity index (χ4v) is 2.16. The van der Waals surface area contributed by atoms with Gasteiger partial charge in [0.15, 0.2) is 0 Å². The van der Waals surface area contributed by atoms with Gasteiger partial charge in [0.1, 0.15) is 6.04 Å². The molecule has 92 valence electrons. The lowest BCUT2D eigenvalue weighted by molar-refractivity contribution is -0.127. The first-order chi connectivity index (χ1) is 7.75. The van der Waals surface area contributed by atoms with Crippen molar-refractivity contribution in [2.75, 3.05) is 26.4 Å². The summed E-state index contributed by atoms with van der Waals surface area (Å²) in [5, 5.41) is 6.21. The number of nitrogens with one attached hydrogen (secondary N) is 2. The van der Waals surface area contributed by atoms with E-state index in [1.807, 2.05) is 6.92 Å². The number of amides is 1. The summed E-state index contributed by atoms with van der Waals surface area (Å²) in [6, 6.07) is 0.0619. The van der Waals surface area contributed by atoms with Crippen LogP contribution in [0.1, 0.15) is 19.8 Å². The van der Waals surface area contributed by atoms with Crippen LogP contribution in [-0.2, 0) is 14.3 Å². The second-order valence-electron chi connectivity index (χ2n) is 4.49. The predicted molar refractivity (Wildman–Crippen MR) is 59.2 cm³/mol. The highest BCUT2D eigenvalue weighted by atomic mass is 16.5. The van der Waals surface area contributed by atoms with E-state index in [9.17, 15) is 4.79 Å². The van der Waals surface area contributed by atoms with Gasteiger partial charge in [0.25, 0.3) is 0 Å². The summed E-state index contributed by atoms with van der Waals surface area (Å²) in [6.45, 7) is 4.70. The Labute approximate surface area is 95.9 Å². The van der Waals surface area contributed by atoms with E-state index in [0.29, 0.717) is 13.2 Å². The van der Waals surface area contributed by atoms with Crippen LogP contribution in [0.5, 0.6) is 0 Å². The van der Waals surface area contributed by atoms with Crippen LogP contribution in [0.2, 0.25) is 0 Å². The maximum absolute atomic E-state index is 11.9. The van der Waals surface area contributed by atoms with Gasteiger partial charge < -0.3 is 20.1 Å². The molecular formula is C11H20N2O3. The van der Waals surface area contributed by atoms with Crippen LogP contribution in [0.15, 0.2) is 0 Å². The molecule has 0 aromatic heterocycles. The molecule has 0 aromatic carbocycles. The molecule has 3 atom stereocenters. The van der Waals surface area contributed by atoms with E-state index in [1.165, 1.54) is 0 Å². The maximum Gasteiger partial charge on any atom is 0.239 e. The highest BCUT2D eigenvalue weighted by molar-refractivity contribution is 5.82. The number of carbonyl (C=O) groups is 1. The molecule has 2 N–H and O–H groups in total. The van der Waals surface area contributed by atoms with Crippen LogP contribution in [-0.4, -0.2) is 50.5 Å². The van der Waals surface area contributed by atoms with Gasteiger partial charge in [0.2, 0.25) is 5.91 Å². The molecule has 5 nitrogen and oxygen atoms in total. The van der Waals surface area contributed by atoms with Crippen molar-refractivity contribution in [3.63, 3.8) is 0 Å². The van der Waals surface area contributed by atoms with Crippen LogP contribution in [0, 0.1) is 0 Å². The van der Waals surface area contributed by atoms with Gasteiger partial charge in [-0.1, -0.05) is 0 Å². The Balaban J connectivity index is 1.77. The monoisotopic (exact) mass is 228 g/mol. The second kappa shape index (κ2) is 5.61. The summed E-state index contributed by atoms with van der Waals surface area (Å²) < 4.78 is 10.7. The number of hydrogen-bond donors (Lipinski definition) is 2. The zero-order valence-corrected chi connectivity index (χ0v) is 9.70. The van der Waals surface area contributed by atoms with Gasteiger partial charge in [-0.3, -0.25) is 4.79 Å². The smallest absolute Gasteiger partial charge is 0.239 e. The lowest BCUT2D eigenvalue weighted by atomic mass is 10.0. The molecule has 0 aliphatic carbocycles. The first-order valence-electron chi connectivity index (χ1n) is 5.99. The third-order valence-corrected chi connectivity index (χ3v) is 3.07. The quantitative estimate of drug-likeness (QED) is 0.679. The standard InChI is InChI=1S/C11H20N2O3/c1-8-6-9(2-4-16-8)13-11(14)10-7-15-5-3-12-10/h8-10,12H,2-7H2,1H3,(H,13,14). The maximum atomic E-state index is 11.9. The van der Waals surface area contributed by atoms with E-state index in [2.05, 4.69) is 10.6 Å². The summed E-state index contributed by atoms with van der Waals surface area (Å²) in [5.74, 6) is 0.0544. The molecule has 2 aliphatic heterocycles. The summed E-state index contributed by atoms with van der Waals surface area (Å²) in [6.07, 6.45) is 2.05. The molecule has 16 heavy (non-hydrogen) atoms. The van der Waals surface area contributed by atoms with E-state index >= 15 is 0 Å². The molecule has 0 radical (unpaired) electrons. The summed E-state index contributed by atoms with van der Waals surface area (Å²) in [7, 11) is 0. The molecule has 2 saturated heterocycles. The Morgan fingerprint density at radius 3 is 3.00 bits per heavy atom. The second-order valence-corrected chi connectivity index (χ2v) is 4.49. The molecule has 1 amide bonds. The van der Waals surface area contributed by atoms with Crippen molar-refractivity contribution in [1.29, 1.82) is 0 Å². The highest BCUT2D eigenvalue weighted by Crippen LogP contribution is 2.13. The zero-order chi connectivity index (χ0) is 11.4. The Morgan fingerprint density at radius 1 is 1.44 bits per heavy atom. The lowest BCUT2D eigenvalue weighted by Crippen LogP contribution is -2.54. The number of rotatable bonds is 2. The Bertz CT molecular complexity index is 241. The summed E-state index contributed by atoms with van der Waals surface area (Å²) in [4.78, 5) is 11.9. The first-order valence-corrected chi connectivity index (χ1v) is 5.99. The van der Waals surface area contributed by atoms with Gasteiger partial charge in [-0.2, -0.15) is 0 Å². The van der Waals surface area contributed by atoms with Gasteiger partial charge in [0, 0.05) is 19.2 Å². The van der Waals surface area contributed by atoms with E-state index in [1.54, 1.807) is 0 Å². The minimum Gasteiger partial charge on any atom is -0.378 e. The molecule has 2 aliphatic rings. The van der Waals surface area contributed by atoms with Crippen molar-refractivity contribution in [3.05, 3.63) is 0 Å². The number of carbonyl (C=O) groups excluding carboxylic acids is 1. The minimum atomic E-state index is -0.188. The van der Waals surface area contributed by atoms with Crippen molar-refractivity contribution >= 4 is 5.91 Å². The van der Waals surface area contributed by atoms with Gasteiger partial charge in [-0.15, -0.1) is 0 Å². The molecule has 5 heteroatoms. The minimum absolute atomic E-state index is 0.0544. The Hall–Kier alpha value is -0.650. The average molecular weight is 228 g/mol. The largest absolute Gasteiger partial charge is 0.378 e. The molecule has 0 bridgehead atoms. The third-order valence-electron chi connectivity index (χ3n) is 3.07. The predicted octanol–water partition coefficient (Wildman–Crippen LogP) is -0.341. The third kappa shape index (κ3) is 3.17. The summed E-state index contributed by atoms with van der Waals surface area (Å²) in [5.41, 5.74) is 0. The average Bonchev–Trinajstić information content (AvgIpc) is 2.30. The molecule has 0 aromatic rings. The molecule has 2 rings (SSSR count). The Kier molecular flexibility index (Phi) is 4.15. The van der Waals surface area contributed by atoms with Crippen LogP contribution < -0.4 is 10.6 Å². The van der Waals surface area contributed by atoms with Gasteiger partial charge >= 0.3 is 0 Å². The number of ether oxygens (including phenoxy) is 2. The molecule has 0 saturated carbocycles. The molecule has 2 fully saturated rings. The summed E-state index contributed by atoms with van der Waals surface area (Å²) >= 11 is 0. The fourth-order valence-electron chi connectivity index (χ4n) is 2.16. The van der Waals surface area contributed by atoms with E-state index in [-0.39, 0.29) is 24.1 Å². The van der Waals surface area contributed by atoms with Crippen molar-refractivity contribution in [2.24, 2.45) is 0 Å². The molecule has 2 heterocycles. The van der Waals surface area contributed by atoms with Crippen LogP contribution in [0.3, 0.4) is 0 Å². The van der Waals surface area contributed by atoms with Crippen molar-refractivity contribution in [1.82, 2.24) is 10.6 Å². The van der Waals surface area contributed by atoms with Gasteiger partial charge in [-0.25, -0.2) is 0 Å². The van der Waals surface area contributed by atoms with Crippen LogP contribution in [0.25, 0.3) is 0 Å². The highest BCUT2D eigenvalue weighted by Gasteiger charge is 2.26. The molecule has 0 spiro atoms. The van der Waals surface area contributed by atoms with Crippen molar-refractivity contribution < 1.29 is 14.3 Å². The number of hydrogen-bond acceptors (Lipinski definition) is 4. The van der Waals surface area contributed by atoms with Crippen LogP contribution in [0.4, 0.5) is 0 Å². The zero-order valence-electron chi connectivity index (χ0n) is 9.70. The molecule has 3 unspecified atom stereocenters. The van der Waals surface area contributed by atoms with E-state index in [0.717, 1.165) is 26.0 Å². The first kappa shape index (κ1) is 11.8. The van der Waals surface area contributed by atoms with E-state index in [4.69, 9.17) is 9.47 Å². The van der Waals surface area contributed by atoms with Crippen LogP contribution >= 0.6 is 0 Å². The fraction of sp³-hybridized carbons (Fsp3) is 0.909. The van der Waals surface area contributed by atoms with Gasteiger partial charge in [0.05, 0.1) is 19.3 Å². The van der Waals surface area contributed by atoms with Crippen molar-refractivity contribution in [3.8, 4) is 0 Å². The Morgan fingerprint density at radius 2 is 2.31 bits per heavy atom. The van der Waals surface area contributed by atoms with E-state index < -0.39 is 0 Å². The van der Waals surface area contributed by atoms with Gasteiger partial charge in [-0.05, 0) is 19.8 Å². The number of morpholine rings is 1. The topological polar surface area (TPSA) is 59.6 Å².